The average molecular weight is 389 g/mol. The van der Waals surface area contributed by atoms with Crippen molar-refractivity contribution in [3.05, 3.63) is 36.0 Å². The molecule has 27 heavy (non-hydrogen) atoms. The first-order chi connectivity index (χ1) is 12.6. The summed E-state index contributed by atoms with van der Waals surface area (Å²) in [6, 6.07) is 7.83. The number of thioether (sulfide) groups is 1. The summed E-state index contributed by atoms with van der Waals surface area (Å²) in [5, 5.41) is 7.53. The van der Waals surface area contributed by atoms with Gasteiger partial charge in [0, 0.05) is 0 Å². The van der Waals surface area contributed by atoms with E-state index in [9.17, 15) is 4.79 Å². The topological polar surface area (TPSA) is 106 Å². The molecule has 3 rings (SSSR count). The Hall–Kier alpha value is -2.55. The summed E-state index contributed by atoms with van der Waals surface area (Å²) in [5.74, 6) is 1.30. The number of hydrogen-bond donors (Lipinski definition) is 2. The van der Waals surface area contributed by atoms with Crippen LogP contribution in [-0.2, 0) is 16.0 Å². The number of ether oxygens (including phenoxy) is 1. The van der Waals surface area contributed by atoms with Crippen LogP contribution in [0.25, 0.3) is 11.0 Å². The summed E-state index contributed by atoms with van der Waals surface area (Å²) < 4.78 is 10.6. The number of fused-ring (bicyclic) bond motifs is 1. The van der Waals surface area contributed by atoms with E-state index in [4.69, 9.17) is 9.26 Å². The number of nitrogens with zero attached hydrogens (tertiary/aromatic N) is 3. The van der Waals surface area contributed by atoms with Crippen molar-refractivity contribution >= 4 is 28.9 Å². The van der Waals surface area contributed by atoms with Gasteiger partial charge in [0.2, 0.25) is 5.89 Å². The maximum absolute atomic E-state index is 12.0. The van der Waals surface area contributed by atoms with Gasteiger partial charge < -0.3 is 19.6 Å². The largest absolute Gasteiger partial charge is 0.444 e. The molecule has 1 amide bonds. The van der Waals surface area contributed by atoms with Crippen molar-refractivity contribution in [2.24, 2.45) is 0 Å². The maximum atomic E-state index is 12.0. The second-order valence-corrected chi connectivity index (χ2v) is 8.58. The van der Waals surface area contributed by atoms with E-state index in [0.717, 1.165) is 16.2 Å². The van der Waals surface area contributed by atoms with Gasteiger partial charge in [-0.25, -0.2) is 9.78 Å². The summed E-state index contributed by atoms with van der Waals surface area (Å²) in [7, 11) is 0. The van der Waals surface area contributed by atoms with Crippen LogP contribution in [0.3, 0.4) is 0 Å². The van der Waals surface area contributed by atoms with E-state index in [0.29, 0.717) is 17.5 Å². The fourth-order valence-corrected chi connectivity index (χ4v) is 3.03. The standard InChI is InChI=1S/C18H23N5O3S/c1-17(2,3)25-16(24)22-18(4,5)14-21-13(26-23-14)10-27-15-19-11-8-6-7-9-12(11)20-15/h6-9H,10H2,1-5H3,(H,19,20)(H,22,24). The minimum Gasteiger partial charge on any atom is -0.444 e. The molecule has 0 saturated carbocycles. The molecule has 0 spiro atoms. The molecule has 0 aliphatic rings. The molecule has 0 unspecified atom stereocenters. The minimum absolute atomic E-state index is 0.383. The molecule has 9 heteroatoms. The van der Waals surface area contributed by atoms with E-state index in [-0.39, 0.29) is 0 Å². The van der Waals surface area contributed by atoms with E-state index in [1.807, 2.05) is 24.3 Å². The van der Waals surface area contributed by atoms with Gasteiger partial charge in [-0.05, 0) is 46.8 Å². The van der Waals surface area contributed by atoms with Crippen molar-refractivity contribution < 1.29 is 14.1 Å². The Balaban J connectivity index is 1.62. The number of rotatable bonds is 5. The van der Waals surface area contributed by atoms with Crippen LogP contribution in [0.2, 0.25) is 0 Å². The van der Waals surface area contributed by atoms with Gasteiger partial charge in [0.25, 0.3) is 0 Å². The molecule has 0 bridgehead atoms. The predicted octanol–water partition coefficient (Wildman–Crippen LogP) is 4.00. The van der Waals surface area contributed by atoms with Crippen LogP contribution >= 0.6 is 11.8 Å². The number of para-hydroxylation sites is 2. The number of aromatic nitrogens is 4. The lowest BCUT2D eigenvalue weighted by Crippen LogP contribution is -2.44. The van der Waals surface area contributed by atoms with Gasteiger partial charge in [0.15, 0.2) is 11.0 Å². The first-order valence-electron chi connectivity index (χ1n) is 8.54. The van der Waals surface area contributed by atoms with Crippen LogP contribution in [-0.4, -0.2) is 31.8 Å². The Bertz CT molecular complexity index is 909. The summed E-state index contributed by atoms with van der Waals surface area (Å²) in [5.41, 5.74) is 0.489. The summed E-state index contributed by atoms with van der Waals surface area (Å²) in [6.45, 7) is 9.00. The summed E-state index contributed by atoms with van der Waals surface area (Å²) >= 11 is 1.47. The number of imidazole rings is 1. The van der Waals surface area contributed by atoms with E-state index in [1.165, 1.54) is 11.8 Å². The van der Waals surface area contributed by atoms with Gasteiger partial charge in [0.1, 0.15) is 11.1 Å². The second-order valence-electron chi connectivity index (χ2n) is 7.61. The van der Waals surface area contributed by atoms with Crippen molar-refractivity contribution in [3.63, 3.8) is 0 Å². The molecular weight excluding hydrogens is 366 g/mol. The fraction of sp³-hybridized carbons (Fsp3) is 0.444. The van der Waals surface area contributed by atoms with Crippen molar-refractivity contribution in [2.45, 2.75) is 56.7 Å². The lowest BCUT2D eigenvalue weighted by Gasteiger charge is -2.26. The van der Waals surface area contributed by atoms with Gasteiger partial charge in [-0.15, -0.1) is 0 Å². The van der Waals surface area contributed by atoms with Gasteiger partial charge in [0.05, 0.1) is 16.8 Å². The quantitative estimate of drug-likeness (QED) is 0.635. The Morgan fingerprint density at radius 3 is 2.67 bits per heavy atom. The highest BCUT2D eigenvalue weighted by Gasteiger charge is 2.31. The van der Waals surface area contributed by atoms with Gasteiger partial charge >= 0.3 is 6.09 Å². The minimum atomic E-state index is -0.825. The monoisotopic (exact) mass is 389 g/mol. The highest BCUT2D eigenvalue weighted by atomic mass is 32.2. The molecule has 0 atom stereocenters. The highest BCUT2D eigenvalue weighted by Crippen LogP contribution is 2.24. The van der Waals surface area contributed by atoms with Gasteiger partial charge in [-0.3, -0.25) is 0 Å². The number of hydrogen-bond acceptors (Lipinski definition) is 7. The smallest absolute Gasteiger partial charge is 0.408 e. The number of carbonyl (C=O) groups excluding carboxylic acids is 1. The first kappa shape index (κ1) is 19.2. The highest BCUT2D eigenvalue weighted by molar-refractivity contribution is 7.98. The average Bonchev–Trinajstić information content (AvgIpc) is 3.17. The molecule has 2 heterocycles. The van der Waals surface area contributed by atoms with Gasteiger partial charge in [-0.2, -0.15) is 4.98 Å². The number of carbonyl (C=O) groups is 1. The molecule has 0 fully saturated rings. The molecule has 0 saturated heterocycles. The molecule has 2 aromatic heterocycles. The molecular formula is C18H23N5O3S. The lowest BCUT2D eigenvalue weighted by atomic mass is 10.1. The molecule has 0 radical (unpaired) electrons. The van der Waals surface area contributed by atoms with Crippen molar-refractivity contribution in [1.29, 1.82) is 0 Å². The van der Waals surface area contributed by atoms with Crippen molar-refractivity contribution in [3.8, 4) is 0 Å². The lowest BCUT2D eigenvalue weighted by molar-refractivity contribution is 0.0465. The number of aromatic amines is 1. The zero-order chi connectivity index (χ0) is 19.7. The molecule has 0 aliphatic carbocycles. The van der Waals surface area contributed by atoms with Crippen molar-refractivity contribution in [1.82, 2.24) is 25.4 Å². The van der Waals surface area contributed by atoms with E-state index in [1.54, 1.807) is 34.6 Å². The second kappa shape index (κ2) is 7.22. The van der Waals surface area contributed by atoms with Crippen LogP contribution < -0.4 is 5.32 Å². The van der Waals surface area contributed by atoms with Crippen LogP contribution in [0.1, 0.15) is 46.3 Å². The van der Waals surface area contributed by atoms with Crippen LogP contribution in [0.15, 0.2) is 33.9 Å². The summed E-state index contributed by atoms with van der Waals surface area (Å²) in [6.07, 6.45) is -0.532. The summed E-state index contributed by atoms with van der Waals surface area (Å²) in [4.78, 5) is 24.1. The van der Waals surface area contributed by atoms with E-state index >= 15 is 0 Å². The van der Waals surface area contributed by atoms with E-state index in [2.05, 4.69) is 25.4 Å². The van der Waals surface area contributed by atoms with Crippen LogP contribution in [0.4, 0.5) is 4.79 Å². The predicted molar refractivity (Wildman–Crippen MR) is 102 cm³/mol. The van der Waals surface area contributed by atoms with Gasteiger partial charge in [-0.1, -0.05) is 29.1 Å². The number of nitrogens with one attached hydrogen (secondary N) is 2. The normalized spacial score (nSPS) is 12.3. The molecule has 144 valence electrons. The number of H-pyrrole nitrogens is 1. The number of amides is 1. The Labute approximate surface area is 161 Å². The first-order valence-corrected chi connectivity index (χ1v) is 9.53. The molecule has 0 aliphatic heterocycles. The molecule has 3 aromatic rings. The Morgan fingerprint density at radius 2 is 1.96 bits per heavy atom. The Kier molecular flexibility index (Phi) is 5.14. The molecule has 2 N–H and O–H groups in total. The Morgan fingerprint density at radius 1 is 1.22 bits per heavy atom. The third-order valence-corrected chi connectivity index (χ3v) is 4.40. The third kappa shape index (κ3) is 5.00. The van der Waals surface area contributed by atoms with E-state index < -0.39 is 17.2 Å². The van der Waals surface area contributed by atoms with Crippen LogP contribution in [0, 0.1) is 0 Å². The molecule has 1 aromatic carbocycles. The zero-order valence-electron chi connectivity index (χ0n) is 16.0. The fourth-order valence-electron chi connectivity index (χ4n) is 2.31. The van der Waals surface area contributed by atoms with Crippen molar-refractivity contribution in [2.75, 3.05) is 0 Å². The SMILES string of the molecule is CC(C)(C)OC(=O)NC(C)(C)c1noc(CSc2nc3ccccc3[nH]2)n1. The zero-order valence-corrected chi connectivity index (χ0v) is 16.8. The third-order valence-electron chi connectivity index (χ3n) is 3.54. The number of benzene rings is 1. The maximum Gasteiger partial charge on any atom is 0.408 e. The van der Waals surface area contributed by atoms with Crippen LogP contribution in [0.5, 0.6) is 0 Å². The number of alkyl carbamates (subject to hydrolysis) is 1. The molecule has 8 nitrogen and oxygen atoms in total.